The van der Waals surface area contributed by atoms with Crippen LogP contribution in [-0.2, 0) is 0 Å². The molecular formula is C12H11Br2N3O. The van der Waals surface area contributed by atoms with E-state index in [9.17, 15) is 0 Å². The van der Waals surface area contributed by atoms with E-state index in [0.29, 0.717) is 11.8 Å². The molecule has 1 aromatic heterocycles. The Balaban J connectivity index is 2.28. The van der Waals surface area contributed by atoms with Gasteiger partial charge >= 0.3 is 0 Å². The van der Waals surface area contributed by atoms with Gasteiger partial charge in [0.05, 0.1) is 17.8 Å². The average Bonchev–Trinajstić information content (AvgIpc) is 2.35. The van der Waals surface area contributed by atoms with Gasteiger partial charge in [-0.15, -0.1) is 0 Å². The van der Waals surface area contributed by atoms with Gasteiger partial charge < -0.3 is 10.1 Å². The highest BCUT2D eigenvalue weighted by atomic mass is 79.9. The lowest BCUT2D eigenvalue weighted by Gasteiger charge is -2.09. The van der Waals surface area contributed by atoms with Crippen LogP contribution in [0.25, 0.3) is 0 Å². The van der Waals surface area contributed by atoms with E-state index >= 15 is 0 Å². The quantitative estimate of drug-likeness (QED) is 0.882. The van der Waals surface area contributed by atoms with Crippen LogP contribution in [-0.4, -0.2) is 17.1 Å². The summed E-state index contributed by atoms with van der Waals surface area (Å²) in [7, 11) is 1.57. The van der Waals surface area contributed by atoms with E-state index in [1.165, 1.54) is 0 Å². The third-order valence-corrected chi connectivity index (χ3v) is 3.38. The maximum absolute atomic E-state index is 5.13. The summed E-state index contributed by atoms with van der Waals surface area (Å²) >= 11 is 6.74. The smallest absolute Gasteiger partial charge is 0.232 e. The lowest BCUT2D eigenvalue weighted by atomic mass is 10.2. The fraction of sp³-hybridized carbons (Fsp3) is 0.167. The molecule has 1 heterocycles. The van der Waals surface area contributed by atoms with Gasteiger partial charge in [0.2, 0.25) is 11.8 Å². The molecule has 18 heavy (non-hydrogen) atoms. The number of benzene rings is 1. The zero-order chi connectivity index (χ0) is 13.1. The second-order valence-corrected chi connectivity index (χ2v) is 5.41. The van der Waals surface area contributed by atoms with E-state index in [1.54, 1.807) is 13.3 Å². The number of aryl methyl sites for hydroxylation is 1. The first-order chi connectivity index (χ1) is 8.60. The molecule has 0 bridgehead atoms. The molecule has 0 aliphatic rings. The number of rotatable bonds is 3. The van der Waals surface area contributed by atoms with Crippen molar-refractivity contribution in [2.45, 2.75) is 6.92 Å². The van der Waals surface area contributed by atoms with E-state index in [2.05, 4.69) is 47.1 Å². The Bertz CT molecular complexity index is 575. The molecule has 0 aliphatic carbocycles. The van der Waals surface area contributed by atoms with Crippen LogP contribution >= 0.6 is 31.9 Å². The molecule has 0 amide bonds. The summed E-state index contributed by atoms with van der Waals surface area (Å²) < 4.78 is 6.89. The Labute approximate surface area is 122 Å². The standard InChI is InChI=1S/C12H11Br2N3O/c1-7-5-8(13)3-4-10(7)16-12-15-6-9(14)11(17-12)18-2/h3-6H,1-2H3,(H,15,16,17). The second-order valence-electron chi connectivity index (χ2n) is 3.64. The Morgan fingerprint density at radius 2 is 2.06 bits per heavy atom. The largest absolute Gasteiger partial charge is 0.480 e. The van der Waals surface area contributed by atoms with E-state index < -0.39 is 0 Å². The maximum Gasteiger partial charge on any atom is 0.232 e. The lowest BCUT2D eigenvalue weighted by molar-refractivity contribution is 0.394. The minimum Gasteiger partial charge on any atom is -0.480 e. The fourth-order valence-electron chi connectivity index (χ4n) is 1.44. The molecule has 4 nitrogen and oxygen atoms in total. The van der Waals surface area contributed by atoms with Crippen LogP contribution in [0.15, 0.2) is 33.3 Å². The predicted molar refractivity (Wildman–Crippen MR) is 78.4 cm³/mol. The van der Waals surface area contributed by atoms with Gasteiger partial charge in [-0.05, 0) is 46.6 Å². The Morgan fingerprint density at radius 1 is 1.28 bits per heavy atom. The maximum atomic E-state index is 5.13. The van der Waals surface area contributed by atoms with Crippen molar-refractivity contribution in [3.8, 4) is 5.88 Å². The zero-order valence-electron chi connectivity index (χ0n) is 9.87. The summed E-state index contributed by atoms with van der Waals surface area (Å²) in [6.07, 6.45) is 1.66. The first kappa shape index (κ1) is 13.3. The summed E-state index contributed by atoms with van der Waals surface area (Å²) in [6.45, 7) is 2.02. The highest BCUT2D eigenvalue weighted by molar-refractivity contribution is 9.10. The van der Waals surface area contributed by atoms with Crippen molar-refractivity contribution in [3.05, 3.63) is 38.9 Å². The molecule has 1 aromatic carbocycles. The van der Waals surface area contributed by atoms with Crippen molar-refractivity contribution >= 4 is 43.5 Å². The topological polar surface area (TPSA) is 47.0 Å². The number of ether oxygens (including phenoxy) is 1. The summed E-state index contributed by atoms with van der Waals surface area (Å²) in [4.78, 5) is 8.43. The highest BCUT2D eigenvalue weighted by Crippen LogP contribution is 2.25. The molecule has 6 heteroatoms. The molecular weight excluding hydrogens is 362 g/mol. The van der Waals surface area contributed by atoms with Crippen molar-refractivity contribution in [2.24, 2.45) is 0 Å². The van der Waals surface area contributed by atoms with Crippen LogP contribution in [0.5, 0.6) is 5.88 Å². The number of hydrogen-bond acceptors (Lipinski definition) is 4. The SMILES string of the molecule is COc1nc(Nc2ccc(Br)cc2C)ncc1Br. The first-order valence-corrected chi connectivity index (χ1v) is 6.78. The minimum absolute atomic E-state index is 0.500. The van der Waals surface area contributed by atoms with E-state index in [0.717, 1.165) is 20.2 Å². The number of nitrogens with zero attached hydrogens (tertiary/aromatic N) is 2. The average molecular weight is 373 g/mol. The second kappa shape index (κ2) is 5.67. The summed E-state index contributed by atoms with van der Waals surface area (Å²) in [6, 6.07) is 5.96. The molecule has 1 N–H and O–H groups in total. The van der Waals surface area contributed by atoms with Crippen LogP contribution in [0, 0.1) is 6.92 Å². The predicted octanol–water partition coefficient (Wildman–Crippen LogP) is 4.06. The third kappa shape index (κ3) is 3.00. The monoisotopic (exact) mass is 371 g/mol. The number of halogens is 2. The minimum atomic E-state index is 0.500. The summed E-state index contributed by atoms with van der Waals surface area (Å²) in [5.74, 6) is 1.00. The van der Waals surface area contributed by atoms with Crippen molar-refractivity contribution < 1.29 is 4.74 Å². The Kier molecular flexibility index (Phi) is 4.19. The molecule has 0 saturated heterocycles. The number of methoxy groups -OCH3 is 1. The van der Waals surface area contributed by atoms with E-state index in [4.69, 9.17) is 4.74 Å². The molecule has 0 saturated carbocycles. The highest BCUT2D eigenvalue weighted by Gasteiger charge is 2.06. The van der Waals surface area contributed by atoms with Crippen LogP contribution in [0.2, 0.25) is 0 Å². The number of hydrogen-bond donors (Lipinski definition) is 1. The van der Waals surface area contributed by atoms with Gasteiger partial charge in [-0.25, -0.2) is 4.98 Å². The third-order valence-electron chi connectivity index (χ3n) is 2.34. The Morgan fingerprint density at radius 3 is 2.72 bits per heavy atom. The van der Waals surface area contributed by atoms with Crippen molar-refractivity contribution in [1.29, 1.82) is 0 Å². The van der Waals surface area contributed by atoms with Gasteiger partial charge in [0.1, 0.15) is 0 Å². The molecule has 0 fully saturated rings. The molecule has 94 valence electrons. The molecule has 0 unspecified atom stereocenters. The number of nitrogens with one attached hydrogen (secondary N) is 1. The fourth-order valence-corrected chi connectivity index (χ4v) is 2.27. The molecule has 2 rings (SSSR count). The molecule has 0 aliphatic heterocycles. The molecule has 0 spiro atoms. The van der Waals surface area contributed by atoms with E-state index in [-0.39, 0.29) is 0 Å². The van der Waals surface area contributed by atoms with Crippen molar-refractivity contribution in [1.82, 2.24) is 9.97 Å². The normalized spacial score (nSPS) is 10.2. The molecule has 0 atom stereocenters. The van der Waals surface area contributed by atoms with Crippen LogP contribution in [0.3, 0.4) is 0 Å². The van der Waals surface area contributed by atoms with Gasteiger partial charge in [-0.1, -0.05) is 15.9 Å². The Hall–Kier alpha value is -1.14. The lowest BCUT2D eigenvalue weighted by Crippen LogP contribution is -2.00. The van der Waals surface area contributed by atoms with Crippen LogP contribution < -0.4 is 10.1 Å². The zero-order valence-corrected chi connectivity index (χ0v) is 13.0. The summed E-state index contributed by atoms with van der Waals surface area (Å²) in [5, 5.41) is 3.16. The van der Waals surface area contributed by atoms with Gasteiger partial charge in [0.15, 0.2) is 0 Å². The van der Waals surface area contributed by atoms with E-state index in [1.807, 2.05) is 25.1 Å². The summed E-state index contributed by atoms with van der Waals surface area (Å²) in [5.41, 5.74) is 2.07. The van der Waals surface area contributed by atoms with Gasteiger partial charge in [0.25, 0.3) is 0 Å². The molecule has 0 radical (unpaired) electrons. The van der Waals surface area contributed by atoms with Crippen LogP contribution in [0.1, 0.15) is 5.56 Å². The number of anilines is 2. The van der Waals surface area contributed by atoms with Crippen molar-refractivity contribution in [3.63, 3.8) is 0 Å². The van der Waals surface area contributed by atoms with Gasteiger partial charge in [-0.3, -0.25) is 0 Å². The number of aromatic nitrogens is 2. The molecule has 2 aromatic rings. The first-order valence-electron chi connectivity index (χ1n) is 5.20. The van der Waals surface area contributed by atoms with Crippen LogP contribution in [0.4, 0.5) is 11.6 Å². The van der Waals surface area contributed by atoms with Gasteiger partial charge in [-0.2, -0.15) is 4.98 Å². The van der Waals surface area contributed by atoms with Gasteiger partial charge in [0, 0.05) is 10.2 Å². The van der Waals surface area contributed by atoms with Crippen molar-refractivity contribution in [2.75, 3.05) is 12.4 Å².